The van der Waals surface area contributed by atoms with E-state index >= 15 is 0 Å². The van der Waals surface area contributed by atoms with E-state index in [-0.39, 0.29) is 5.92 Å². The highest BCUT2D eigenvalue weighted by Gasteiger charge is 2.30. The van der Waals surface area contributed by atoms with E-state index in [0.717, 1.165) is 51.7 Å². The highest BCUT2D eigenvalue weighted by Crippen LogP contribution is 2.30. The Morgan fingerprint density at radius 3 is 2.55 bits per heavy atom. The van der Waals surface area contributed by atoms with Gasteiger partial charge >= 0.3 is 0 Å². The van der Waals surface area contributed by atoms with Gasteiger partial charge in [-0.2, -0.15) is 0 Å². The van der Waals surface area contributed by atoms with E-state index in [0.29, 0.717) is 11.8 Å². The zero-order valence-electron chi connectivity index (χ0n) is 12.1. The van der Waals surface area contributed by atoms with Gasteiger partial charge in [-0.1, -0.05) is 24.3 Å². The van der Waals surface area contributed by atoms with E-state index in [1.54, 1.807) is 0 Å². The maximum absolute atomic E-state index is 12.7. The van der Waals surface area contributed by atoms with Crippen molar-refractivity contribution in [1.82, 2.24) is 4.90 Å². The Hall–Kier alpha value is -1.35. The third-order valence-corrected chi connectivity index (χ3v) is 4.97. The normalized spacial score (nSPS) is 26.1. The molecular formula is C17H24N2O. The van der Waals surface area contributed by atoms with Gasteiger partial charge in [0.1, 0.15) is 0 Å². The van der Waals surface area contributed by atoms with Crippen molar-refractivity contribution in [1.29, 1.82) is 0 Å². The molecule has 1 aromatic rings. The fourth-order valence-electron chi connectivity index (χ4n) is 3.59. The topological polar surface area (TPSA) is 46.3 Å². The van der Waals surface area contributed by atoms with Crippen molar-refractivity contribution >= 4 is 5.91 Å². The molecule has 20 heavy (non-hydrogen) atoms. The summed E-state index contributed by atoms with van der Waals surface area (Å²) in [7, 11) is 0. The Bertz CT molecular complexity index is 478. The number of hydrogen-bond acceptors (Lipinski definition) is 2. The molecule has 0 bridgehead atoms. The van der Waals surface area contributed by atoms with E-state index in [9.17, 15) is 4.79 Å². The Balaban J connectivity index is 1.62. The predicted molar refractivity (Wildman–Crippen MR) is 80.1 cm³/mol. The van der Waals surface area contributed by atoms with Crippen LogP contribution in [0.2, 0.25) is 0 Å². The first kappa shape index (κ1) is 13.6. The molecule has 3 heteroatoms. The summed E-state index contributed by atoms with van der Waals surface area (Å²) in [6.45, 7) is 2.45. The molecule has 1 amide bonds. The van der Waals surface area contributed by atoms with Crippen molar-refractivity contribution < 1.29 is 4.79 Å². The lowest BCUT2D eigenvalue weighted by molar-refractivity contribution is -0.137. The summed E-state index contributed by atoms with van der Waals surface area (Å²) in [5.41, 5.74) is 8.45. The first-order valence-corrected chi connectivity index (χ1v) is 7.83. The molecule has 1 heterocycles. The SMILES string of the molecule is NCC1CCC(C(=O)N2CCc3ccccc3C2)CC1. The fraction of sp³-hybridized carbons (Fsp3) is 0.588. The third kappa shape index (κ3) is 2.73. The van der Waals surface area contributed by atoms with Crippen LogP contribution in [0.5, 0.6) is 0 Å². The van der Waals surface area contributed by atoms with Gasteiger partial charge in [-0.25, -0.2) is 0 Å². The van der Waals surface area contributed by atoms with Crippen LogP contribution in [-0.2, 0) is 17.8 Å². The molecule has 0 saturated heterocycles. The van der Waals surface area contributed by atoms with Crippen LogP contribution in [-0.4, -0.2) is 23.9 Å². The summed E-state index contributed by atoms with van der Waals surface area (Å²) >= 11 is 0. The van der Waals surface area contributed by atoms with Crippen LogP contribution in [0.4, 0.5) is 0 Å². The number of amides is 1. The van der Waals surface area contributed by atoms with Crippen LogP contribution < -0.4 is 5.73 Å². The second-order valence-electron chi connectivity index (χ2n) is 6.23. The van der Waals surface area contributed by atoms with E-state index in [1.165, 1.54) is 11.1 Å². The van der Waals surface area contributed by atoms with Crippen molar-refractivity contribution in [2.24, 2.45) is 17.6 Å². The molecule has 1 aromatic carbocycles. The number of rotatable bonds is 2. The zero-order valence-corrected chi connectivity index (χ0v) is 12.1. The highest BCUT2D eigenvalue weighted by molar-refractivity contribution is 5.79. The predicted octanol–water partition coefficient (Wildman–Crippen LogP) is 2.34. The van der Waals surface area contributed by atoms with Gasteiger partial charge in [0.2, 0.25) is 5.91 Å². The van der Waals surface area contributed by atoms with Crippen LogP contribution in [0, 0.1) is 11.8 Å². The molecule has 0 aromatic heterocycles. The average molecular weight is 272 g/mol. The van der Waals surface area contributed by atoms with Crippen molar-refractivity contribution in [2.45, 2.75) is 38.6 Å². The van der Waals surface area contributed by atoms with Gasteiger partial charge in [-0.3, -0.25) is 4.79 Å². The maximum atomic E-state index is 12.7. The fourth-order valence-corrected chi connectivity index (χ4v) is 3.59. The molecule has 1 saturated carbocycles. The summed E-state index contributed by atoms with van der Waals surface area (Å²) < 4.78 is 0. The lowest BCUT2D eigenvalue weighted by atomic mass is 9.81. The van der Waals surface area contributed by atoms with Gasteiger partial charge in [0.25, 0.3) is 0 Å². The minimum atomic E-state index is 0.239. The number of carbonyl (C=O) groups is 1. The van der Waals surface area contributed by atoms with Gasteiger partial charge in [0, 0.05) is 19.0 Å². The quantitative estimate of drug-likeness (QED) is 0.898. The number of fused-ring (bicyclic) bond motifs is 1. The Labute approximate surface area is 121 Å². The smallest absolute Gasteiger partial charge is 0.225 e. The Morgan fingerprint density at radius 1 is 1.15 bits per heavy atom. The average Bonchev–Trinajstić information content (AvgIpc) is 2.54. The third-order valence-electron chi connectivity index (χ3n) is 4.97. The zero-order chi connectivity index (χ0) is 13.9. The summed E-state index contributed by atoms with van der Waals surface area (Å²) in [6, 6.07) is 8.49. The Kier molecular flexibility index (Phi) is 4.06. The van der Waals surface area contributed by atoms with Gasteiger partial charge in [0.15, 0.2) is 0 Å². The van der Waals surface area contributed by atoms with Crippen LogP contribution in [0.1, 0.15) is 36.8 Å². The number of nitrogens with zero attached hydrogens (tertiary/aromatic N) is 1. The second-order valence-corrected chi connectivity index (χ2v) is 6.23. The minimum Gasteiger partial charge on any atom is -0.338 e. The number of nitrogens with two attached hydrogens (primary N) is 1. The first-order valence-electron chi connectivity index (χ1n) is 7.83. The van der Waals surface area contributed by atoms with Crippen LogP contribution in [0.15, 0.2) is 24.3 Å². The lowest BCUT2D eigenvalue weighted by Gasteiger charge is -2.34. The summed E-state index contributed by atoms with van der Waals surface area (Å²) in [5, 5.41) is 0. The van der Waals surface area contributed by atoms with E-state index in [2.05, 4.69) is 29.2 Å². The molecule has 2 N–H and O–H groups in total. The largest absolute Gasteiger partial charge is 0.338 e. The van der Waals surface area contributed by atoms with Crippen molar-refractivity contribution in [2.75, 3.05) is 13.1 Å². The summed E-state index contributed by atoms with van der Waals surface area (Å²) in [5.74, 6) is 1.25. The minimum absolute atomic E-state index is 0.239. The van der Waals surface area contributed by atoms with Crippen LogP contribution in [0.25, 0.3) is 0 Å². The van der Waals surface area contributed by atoms with E-state index in [1.807, 2.05) is 0 Å². The highest BCUT2D eigenvalue weighted by atomic mass is 16.2. The van der Waals surface area contributed by atoms with Crippen molar-refractivity contribution in [3.63, 3.8) is 0 Å². The summed E-state index contributed by atoms with van der Waals surface area (Å²) in [4.78, 5) is 14.7. The number of benzene rings is 1. The maximum Gasteiger partial charge on any atom is 0.225 e. The van der Waals surface area contributed by atoms with Gasteiger partial charge in [-0.15, -0.1) is 0 Å². The van der Waals surface area contributed by atoms with Gasteiger partial charge in [0.05, 0.1) is 0 Å². The standard InChI is InChI=1S/C17H24N2O/c18-11-13-5-7-15(8-6-13)17(20)19-10-9-14-3-1-2-4-16(14)12-19/h1-4,13,15H,5-12,18H2. The molecule has 3 nitrogen and oxygen atoms in total. The first-order chi connectivity index (χ1) is 9.78. The molecule has 3 rings (SSSR count). The number of hydrogen-bond donors (Lipinski definition) is 1. The van der Waals surface area contributed by atoms with Crippen LogP contribution >= 0.6 is 0 Å². The number of carbonyl (C=O) groups excluding carboxylic acids is 1. The Morgan fingerprint density at radius 2 is 1.85 bits per heavy atom. The van der Waals surface area contributed by atoms with E-state index < -0.39 is 0 Å². The molecule has 0 spiro atoms. The molecular weight excluding hydrogens is 248 g/mol. The molecule has 1 aliphatic heterocycles. The van der Waals surface area contributed by atoms with Gasteiger partial charge < -0.3 is 10.6 Å². The summed E-state index contributed by atoms with van der Waals surface area (Å²) in [6.07, 6.45) is 5.30. The monoisotopic (exact) mass is 272 g/mol. The molecule has 0 atom stereocenters. The molecule has 0 unspecified atom stereocenters. The lowest BCUT2D eigenvalue weighted by Crippen LogP contribution is -2.41. The second kappa shape index (κ2) is 5.96. The molecule has 108 valence electrons. The molecule has 1 aliphatic carbocycles. The van der Waals surface area contributed by atoms with Crippen molar-refractivity contribution in [3.05, 3.63) is 35.4 Å². The molecule has 1 fully saturated rings. The van der Waals surface area contributed by atoms with Crippen LogP contribution in [0.3, 0.4) is 0 Å². The van der Waals surface area contributed by atoms with Crippen molar-refractivity contribution in [3.8, 4) is 0 Å². The molecule has 2 aliphatic rings. The molecule has 0 radical (unpaired) electrons. The van der Waals surface area contributed by atoms with Gasteiger partial charge in [-0.05, 0) is 55.7 Å². The van der Waals surface area contributed by atoms with E-state index in [4.69, 9.17) is 5.73 Å².